The Morgan fingerprint density at radius 1 is 0.638 bits per heavy atom. The predicted molar refractivity (Wildman–Crippen MR) is 243 cm³/mol. The van der Waals surface area contributed by atoms with Crippen LogP contribution in [0, 0.1) is 25.5 Å². The predicted octanol–water partition coefficient (Wildman–Crippen LogP) is 5.74. The second-order valence-electron chi connectivity index (χ2n) is 15.1. The molecule has 2 aromatic carbocycles. The van der Waals surface area contributed by atoms with Crippen molar-refractivity contribution in [3.8, 4) is 22.9 Å². The maximum Gasteiger partial charge on any atom is 0.344 e. The summed E-state index contributed by atoms with van der Waals surface area (Å²) in [4.78, 5) is 71.9. The molecule has 360 valence electrons. The molecule has 2 N–H and O–H groups in total. The Balaban J connectivity index is 0.000000205. The fourth-order valence-electron chi connectivity index (χ4n) is 7.37. The van der Waals surface area contributed by atoms with Crippen molar-refractivity contribution in [3.05, 3.63) is 143 Å². The second-order valence-corrected chi connectivity index (χ2v) is 15.1. The number of imidazole rings is 2. The van der Waals surface area contributed by atoms with Gasteiger partial charge in [0.25, 0.3) is 0 Å². The van der Waals surface area contributed by atoms with Crippen molar-refractivity contribution in [3.63, 3.8) is 0 Å². The normalized spacial score (nSPS) is 14.1. The Labute approximate surface area is 394 Å². The molecule has 8 rings (SSSR count). The molecule has 19 nitrogen and oxygen atoms in total. The number of esters is 3. The molecule has 0 saturated carbocycles. The number of carboxylic acids is 1. The van der Waals surface area contributed by atoms with Gasteiger partial charge < -0.3 is 33.9 Å². The molecule has 4 aromatic heterocycles. The number of methoxy groups -OCH3 is 4. The molecule has 6 heterocycles. The molecular formula is C48H48F2N8O11. The van der Waals surface area contributed by atoms with Gasteiger partial charge in [0.1, 0.15) is 30.3 Å². The summed E-state index contributed by atoms with van der Waals surface area (Å²) in [5.74, 6) is -2.40. The topological polar surface area (TPSA) is 241 Å². The number of rotatable bonds is 13. The Morgan fingerprint density at radius 2 is 1.10 bits per heavy atom. The van der Waals surface area contributed by atoms with E-state index in [9.17, 15) is 33.1 Å². The summed E-state index contributed by atoms with van der Waals surface area (Å²) in [6.07, 6.45) is 7.09. The Morgan fingerprint density at radius 3 is 1.48 bits per heavy atom. The number of hydrogen-bond donors (Lipinski definition) is 2. The minimum atomic E-state index is -0.913. The second kappa shape index (κ2) is 23.0. The Bertz CT molecular complexity index is 2880. The lowest BCUT2D eigenvalue weighted by atomic mass is 10.0. The minimum Gasteiger partial charge on any atom is -0.494 e. The highest BCUT2D eigenvalue weighted by Crippen LogP contribution is 2.38. The summed E-state index contributed by atoms with van der Waals surface area (Å²) >= 11 is 0. The van der Waals surface area contributed by atoms with Crippen LogP contribution < -0.4 is 9.47 Å². The lowest BCUT2D eigenvalue weighted by molar-refractivity contribution is -0.157. The zero-order chi connectivity index (χ0) is 49.8. The Hall–Kier alpha value is -8.20. The first kappa shape index (κ1) is 50.2. The van der Waals surface area contributed by atoms with E-state index in [1.165, 1.54) is 40.6 Å². The van der Waals surface area contributed by atoms with Crippen LogP contribution in [0.3, 0.4) is 0 Å². The van der Waals surface area contributed by atoms with Gasteiger partial charge in [-0.05, 0) is 63.1 Å². The van der Waals surface area contributed by atoms with E-state index in [1.54, 1.807) is 61.2 Å². The smallest absolute Gasteiger partial charge is 0.344 e. The number of aliphatic hydroxyl groups excluding tert-OH is 1. The highest BCUT2D eigenvalue weighted by Gasteiger charge is 2.31. The van der Waals surface area contributed by atoms with E-state index < -0.39 is 60.8 Å². The first-order valence-corrected chi connectivity index (χ1v) is 21.2. The van der Waals surface area contributed by atoms with E-state index in [2.05, 4.69) is 29.4 Å². The number of nitrogens with zero attached hydrogens (tertiary/aromatic N) is 8. The van der Waals surface area contributed by atoms with Crippen molar-refractivity contribution in [2.45, 2.75) is 51.6 Å². The number of aryl methyl sites for hydroxylation is 2. The molecule has 6 aromatic rings. The highest BCUT2D eigenvalue weighted by atomic mass is 19.1. The number of hydrogen-bond acceptors (Lipinski definition) is 16. The number of aliphatic imine (C=N–C) groups is 2. The largest absolute Gasteiger partial charge is 0.494 e. The third-order valence-corrected chi connectivity index (χ3v) is 10.6. The van der Waals surface area contributed by atoms with Crippen LogP contribution in [-0.4, -0.2) is 116 Å². The molecule has 69 heavy (non-hydrogen) atoms. The van der Waals surface area contributed by atoms with Crippen molar-refractivity contribution in [1.82, 2.24) is 29.1 Å². The molecule has 0 aliphatic carbocycles. The average Bonchev–Trinajstić information content (AvgIpc) is 3.86. The average molecular weight is 951 g/mol. The fourth-order valence-corrected chi connectivity index (χ4v) is 7.37. The van der Waals surface area contributed by atoms with Crippen molar-refractivity contribution in [2.75, 3.05) is 41.7 Å². The molecule has 2 atom stereocenters. The zero-order valence-corrected chi connectivity index (χ0v) is 38.4. The third kappa shape index (κ3) is 11.7. The third-order valence-electron chi connectivity index (χ3n) is 10.6. The maximum absolute atomic E-state index is 14.8. The molecule has 0 radical (unpaired) electrons. The van der Waals surface area contributed by atoms with E-state index in [0.29, 0.717) is 57.0 Å². The van der Waals surface area contributed by atoms with Crippen LogP contribution in [-0.2, 0) is 33.4 Å². The van der Waals surface area contributed by atoms with E-state index in [0.717, 1.165) is 11.4 Å². The van der Waals surface area contributed by atoms with Crippen molar-refractivity contribution >= 4 is 35.3 Å². The van der Waals surface area contributed by atoms with Gasteiger partial charge in [-0.15, -0.1) is 0 Å². The number of pyridine rings is 2. The maximum atomic E-state index is 14.8. The number of halogens is 2. The summed E-state index contributed by atoms with van der Waals surface area (Å²) in [5.41, 5.74) is 6.08. The van der Waals surface area contributed by atoms with Crippen LogP contribution in [0.1, 0.15) is 83.3 Å². The fraction of sp³-hybridized carbons (Fsp3) is 0.292. The van der Waals surface area contributed by atoms with Gasteiger partial charge in [0.15, 0.2) is 29.7 Å². The van der Waals surface area contributed by atoms with E-state index in [-0.39, 0.29) is 37.2 Å². The van der Waals surface area contributed by atoms with Crippen LogP contribution in [0.2, 0.25) is 0 Å². The van der Waals surface area contributed by atoms with Gasteiger partial charge in [-0.3, -0.25) is 38.7 Å². The van der Waals surface area contributed by atoms with Crippen LogP contribution in [0.5, 0.6) is 11.5 Å². The van der Waals surface area contributed by atoms with Crippen molar-refractivity contribution < 1.29 is 61.9 Å². The molecule has 0 unspecified atom stereocenters. The molecule has 2 aliphatic rings. The van der Waals surface area contributed by atoms with Crippen LogP contribution >= 0.6 is 0 Å². The van der Waals surface area contributed by atoms with Crippen LogP contribution in [0.25, 0.3) is 11.4 Å². The number of carbonyl (C=O) groups is 4. The van der Waals surface area contributed by atoms with Crippen molar-refractivity contribution in [2.24, 2.45) is 9.98 Å². The summed E-state index contributed by atoms with van der Waals surface area (Å²) in [7, 11) is 5.25. The number of carboxylic acid groups (broad SMARTS) is 1. The number of ether oxygens (including phenoxy) is 5. The lowest BCUT2D eigenvalue weighted by Gasteiger charge is -2.15. The SMILES string of the molecule is COC(=O)CO.COC(=O)COC(=O)CC[C@@H]1N=C(c2ccccn2)c2cc(F)c(OC)cc2-n2c(C)cnc21.COc1cc2c(cc1F)C(c1ccccn1)=N[C@@H](CCC(=O)O)c1ncc(C)n1-2. The Kier molecular flexibility index (Phi) is 16.7. The van der Waals surface area contributed by atoms with Gasteiger partial charge >= 0.3 is 23.9 Å². The standard InChI is InChI=1S/C24H23FN4O5.C21H19FN4O3.C3H6O3/c1-14-12-27-24-18(7-8-21(30)34-13-22(31)33-3)28-23(17-6-4-5-9-26-17)15-10-16(25)20(32-2)11-19(15)29(14)24;1-12-11-24-21-16(6-7-19(27)28)25-20(15-5-3-4-8-23-15)13-9-14(22)18(29-2)10-17(13)26(12)21;1-6-3(5)2-4/h4-6,9-12,18H,7-8,13H2,1-3H3;3-5,8-11,16H,6-7H2,1-2H3,(H,27,28);4H,2H2,1H3/t18-;16-;/m00./s1. The van der Waals surface area contributed by atoms with Crippen molar-refractivity contribution in [1.29, 1.82) is 0 Å². The molecule has 2 aliphatic heterocycles. The van der Waals surface area contributed by atoms with Crippen LogP contribution in [0.4, 0.5) is 8.78 Å². The number of carbonyl (C=O) groups excluding carboxylic acids is 3. The summed E-state index contributed by atoms with van der Waals surface area (Å²) in [6, 6.07) is 15.7. The first-order chi connectivity index (χ1) is 33.2. The summed E-state index contributed by atoms with van der Waals surface area (Å²) in [6.45, 7) is 2.77. The molecular weight excluding hydrogens is 903 g/mol. The van der Waals surface area contributed by atoms with Gasteiger partial charge in [0.2, 0.25) is 0 Å². The molecule has 21 heteroatoms. The monoisotopic (exact) mass is 950 g/mol. The van der Waals surface area contributed by atoms with E-state index in [4.69, 9.17) is 29.3 Å². The van der Waals surface area contributed by atoms with Gasteiger partial charge in [-0.25, -0.2) is 28.3 Å². The number of aliphatic hydroxyl groups is 1. The molecule has 0 fully saturated rings. The van der Waals surface area contributed by atoms with Gasteiger partial charge in [-0.2, -0.15) is 0 Å². The van der Waals surface area contributed by atoms with Crippen LogP contribution in [0.15, 0.2) is 95.4 Å². The number of fused-ring (bicyclic) bond motifs is 6. The summed E-state index contributed by atoms with van der Waals surface area (Å²) < 4.78 is 57.1. The van der Waals surface area contributed by atoms with E-state index in [1.807, 2.05) is 35.1 Å². The minimum absolute atomic E-state index is 0.0133. The number of benzene rings is 2. The first-order valence-electron chi connectivity index (χ1n) is 21.2. The van der Waals surface area contributed by atoms with Gasteiger partial charge in [0.05, 0.1) is 62.6 Å². The highest BCUT2D eigenvalue weighted by molar-refractivity contribution is 6.15. The number of aromatic nitrogens is 6. The summed E-state index contributed by atoms with van der Waals surface area (Å²) in [5, 5.41) is 17.0. The van der Waals surface area contributed by atoms with E-state index >= 15 is 0 Å². The van der Waals surface area contributed by atoms with Gasteiger partial charge in [0, 0.05) is 72.3 Å². The molecule has 0 saturated heterocycles. The molecule has 0 amide bonds. The lowest BCUT2D eigenvalue weighted by Crippen LogP contribution is -2.16. The number of aliphatic carboxylic acids is 1. The van der Waals surface area contributed by atoms with Gasteiger partial charge in [-0.1, -0.05) is 12.1 Å². The zero-order valence-electron chi connectivity index (χ0n) is 38.4. The molecule has 0 bridgehead atoms. The quantitative estimate of drug-likeness (QED) is 0.104. The molecule has 0 spiro atoms.